The number of hydrogen-bond donors (Lipinski definition) is 3. The molecule has 0 fully saturated rings. The van der Waals surface area contributed by atoms with Crippen LogP contribution in [0.3, 0.4) is 0 Å². The van der Waals surface area contributed by atoms with Crippen molar-refractivity contribution in [1.82, 2.24) is 15.7 Å². The van der Waals surface area contributed by atoms with Crippen LogP contribution in [-0.4, -0.2) is 17.6 Å². The zero-order chi connectivity index (χ0) is 15.9. The number of hydrazine groups is 1. The number of rotatable bonds is 7. The van der Waals surface area contributed by atoms with Crippen LogP contribution in [0.25, 0.3) is 0 Å². The number of carbonyl (C=O) groups excluding carboxylic acids is 1. The lowest BCUT2D eigenvalue weighted by Gasteiger charge is -2.03. The molecule has 5 nitrogen and oxygen atoms in total. The fourth-order valence-corrected chi connectivity index (χ4v) is 4.11. The van der Waals surface area contributed by atoms with E-state index in [2.05, 4.69) is 34.1 Å². The predicted molar refractivity (Wildman–Crippen MR) is 92.4 cm³/mol. The Morgan fingerprint density at radius 2 is 2.14 bits per heavy atom. The molecule has 0 aliphatic carbocycles. The molecule has 0 atom stereocenters. The molecule has 0 bridgehead atoms. The van der Waals surface area contributed by atoms with Gasteiger partial charge in [-0.1, -0.05) is 0 Å². The van der Waals surface area contributed by atoms with E-state index in [0.29, 0.717) is 6.54 Å². The molecule has 2 amide bonds. The fourth-order valence-electron chi connectivity index (χ4n) is 2.24. The lowest BCUT2D eigenvalue weighted by Crippen LogP contribution is -2.40. The van der Waals surface area contributed by atoms with Gasteiger partial charge in [0.1, 0.15) is 0 Å². The largest absolute Gasteiger partial charge is 0.337 e. The van der Waals surface area contributed by atoms with Crippen LogP contribution in [0, 0.1) is 13.8 Å². The first kappa shape index (κ1) is 16.9. The number of thiophene rings is 1. The Kier molecular flexibility index (Phi) is 6.35. The SMILES string of the molecule is Cc1nc(CCc2cc(C)c(CCCNC(=O)NN)s2)cs1. The highest BCUT2D eigenvalue weighted by Crippen LogP contribution is 2.24. The van der Waals surface area contributed by atoms with E-state index < -0.39 is 0 Å². The van der Waals surface area contributed by atoms with Crippen molar-refractivity contribution in [2.75, 3.05) is 6.54 Å². The zero-order valence-electron chi connectivity index (χ0n) is 12.9. The first-order chi connectivity index (χ1) is 10.6. The van der Waals surface area contributed by atoms with E-state index in [-0.39, 0.29) is 6.03 Å². The first-order valence-electron chi connectivity index (χ1n) is 7.32. The van der Waals surface area contributed by atoms with Gasteiger partial charge in [0.25, 0.3) is 0 Å². The van der Waals surface area contributed by atoms with Crippen molar-refractivity contribution in [3.05, 3.63) is 37.5 Å². The summed E-state index contributed by atoms with van der Waals surface area (Å²) in [6.45, 7) is 4.83. The number of nitrogens with one attached hydrogen (secondary N) is 2. The van der Waals surface area contributed by atoms with E-state index in [9.17, 15) is 4.79 Å². The van der Waals surface area contributed by atoms with Gasteiger partial charge in [0, 0.05) is 21.7 Å². The molecule has 0 saturated carbocycles. The summed E-state index contributed by atoms with van der Waals surface area (Å²) in [5.41, 5.74) is 4.59. The molecule has 2 rings (SSSR count). The molecule has 4 N–H and O–H groups in total. The van der Waals surface area contributed by atoms with E-state index in [0.717, 1.165) is 30.7 Å². The molecule has 2 aromatic rings. The number of carbonyl (C=O) groups is 1. The number of nitrogens with zero attached hydrogens (tertiary/aromatic N) is 1. The summed E-state index contributed by atoms with van der Waals surface area (Å²) in [7, 11) is 0. The third-order valence-electron chi connectivity index (χ3n) is 3.36. The van der Waals surface area contributed by atoms with E-state index >= 15 is 0 Å². The highest BCUT2D eigenvalue weighted by atomic mass is 32.1. The minimum absolute atomic E-state index is 0.331. The van der Waals surface area contributed by atoms with Crippen LogP contribution in [0.15, 0.2) is 11.4 Å². The molecule has 2 aromatic heterocycles. The second kappa shape index (κ2) is 8.26. The summed E-state index contributed by atoms with van der Waals surface area (Å²) in [5.74, 6) is 5.01. The maximum absolute atomic E-state index is 11.0. The topological polar surface area (TPSA) is 80.0 Å². The number of urea groups is 1. The molecule has 0 radical (unpaired) electrons. The number of aryl methyl sites for hydroxylation is 5. The molecule has 2 heterocycles. The van der Waals surface area contributed by atoms with Crippen LogP contribution in [0.5, 0.6) is 0 Å². The third-order valence-corrected chi connectivity index (χ3v) is 5.54. The molecule has 7 heteroatoms. The van der Waals surface area contributed by atoms with Crippen molar-refractivity contribution < 1.29 is 4.79 Å². The van der Waals surface area contributed by atoms with Crippen molar-refractivity contribution in [2.45, 2.75) is 39.5 Å². The lowest BCUT2D eigenvalue weighted by atomic mass is 10.1. The molecule has 0 aliphatic heterocycles. The van der Waals surface area contributed by atoms with Crippen molar-refractivity contribution in [2.24, 2.45) is 5.84 Å². The Balaban J connectivity index is 1.79. The van der Waals surface area contributed by atoms with E-state index in [4.69, 9.17) is 5.84 Å². The van der Waals surface area contributed by atoms with Gasteiger partial charge in [-0.3, -0.25) is 5.43 Å². The first-order valence-corrected chi connectivity index (χ1v) is 9.01. The predicted octanol–water partition coefficient (Wildman–Crippen LogP) is 2.71. The van der Waals surface area contributed by atoms with Crippen LogP contribution < -0.4 is 16.6 Å². The number of hydrogen-bond acceptors (Lipinski definition) is 5. The van der Waals surface area contributed by atoms with Gasteiger partial charge in [-0.15, -0.1) is 22.7 Å². The Bertz CT molecular complexity index is 621. The van der Waals surface area contributed by atoms with Gasteiger partial charge in [-0.25, -0.2) is 15.6 Å². The average Bonchev–Trinajstić information content (AvgIpc) is 3.07. The Morgan fingerprint density at radius 1 is 1.32 bits per heavy atom. The molecule has 0 aliphatic rings. The van der Waals surface area contributed by atoms with Gasteiger partial charge >= 0.3 is 6.03 Å². The smallest absolute Gasteiger partial charge is 0.328 e. The van der Waals surface area contributed by atoms with Crippen LogP contribution in [0.4, 0.5) is 4.79 Å². The van der Waals surface area contributed by atoms with E-state index in [1.54, 1.807) is 11.3 Å². The minimum atomic E-state index is -0.331. The van der Waals surface area contributed by atoms with Crippen LogP contribution in [-0.2, 0) is 19.3 Å². The highest BCUT2D eigenvalue weighted by Gasteiger charge is 2.07. The molecule has 0 aromatic carbocycles. The lowest BCUT2D eigenvalue weighted by molar-refractivity contribution is 0.241. The Morgan fingerprint density at radius 3 is 2.82 bits per heavy atom. The van der Waals surface area contributed by atoms with Crippen LogP contribution >= 0.6 is 22.7 Å². The molecule has 0 saturated heterocycles. The van der Waals surface area contributed by atoms with E-state index in [1.165, 1.54) is 21.0 Å². The number of amides is 2. The quantitative estimate of drug-likeness (QED) is 0.314. The second-order valence-corrected chi connectivity index (χ2v) is 7.46. The maximum atomic E-state index is 11.0. The van der Waals surface area contributed by atoms with Crippen molar-refractivity contribution >= 4 is 28.7 Å². The molecular weight excluding hydrogens is 316 g/mol. The number of thiazole rings is 1. The number of aromatic nitrogens is 1. The van der Waals surface area contributed by atoms with Crippen LogP contribution in [0.1, 0.15) is 32.4 Å². The Hall–Kier alpha value is -1.44. The van der Waals surface area contributed by atoms with Gasteiger partial charge in [0.15, 0.2) is 0 Å². The third kappa shape index (κ3) is 5.08. The van der Waals surface area contributed by atoms with Crippen molar-refractivity contribution in [1.29, 1.82) is 0 Å². The van der Waals surface area contributed by atoms with Gasteiger partial charge in [0.2, 0.25) is 0 Å². The van der Waals surface area contributed by atoms with Gasteiger partial charge in [-0.05, 0) is 51.2 Å². The summed E-state index contributed by atoms with van der Waals surface area (Å²) in [5, 5.41) is 5.98. The summed E-state index contributed by atoms with van der Waals surface area (Å²) in [4.78, 5) is 18.3. The standard InChI is InChI=1S/C15H22N4OS2/c1-10-8-13(6-5-12-9-21-11(2)18-12)22-14(10)4-3-7-17-15(20)19-16/h8-9H,3-7,16H2,1-2H3,(H2,17,19,20). The Labute approximate surface area is 138 Å². The summed E-state index contributed by atoms with van der Waals surface area (Å²) >= 11 is 3.58. The molecule has 120 valence electrons. The van der Waals surface area contributed by atoms with Crippen LogP contribution in [0.2, 0.25) is 0 Å². The van der Waals surface area contributed by atoms with Gasteiger partial charge in [-0.2, -0.15) is 0 Å². The zero-order valence-corrected chi connectivity index (χ0v) is 14.6. The normalized spacial score (nSPS) is 10.7. The minimum Gasteiger partial charge on any atom is -0.337 e. The van der Waals surface area contributed by atoms with Gasteiger partial charge < -0.3 is 5.32 Å². The highest BCUT2D eigenvalue weighted by molar-refractivity contribution is 7.12. The summed E-state index contributed by atoms with van der Waals surface area (Å²) in [6, 6.07) is 1.95. The van der Waals surface area contributed by atoms with Crippen molar-refractivity contribution in [3.8, 4) is 0 Å². The average molecular weight is 339 g/mol. The molecular formula is C15H22N4OS2. The second-order valence-electron chi connectivity index (χ2n) is 5.18. The molecule has 22 heavy (non-hydrogen) atoms. The monoisotopic (exact) mass is 338 g/mol. The fraction of sp³-hybridized carbons (Fsp3) is 0.467. The summed E-state index contributed by atoms with van der Waals surface area (Å²) < 4.78 is 0. The van der Waals surface area contributed by atoms with E-state index in [1.807, 2.05) is 18.3 Å². The van der Waals surface area contributed by atoms with Crippen molar-refractivity contribution in [3.63, 3.8) is 0 Å². The van der Waals surface area contributed by atoms with Gasteiger partial charge in [0.05, 0.1) is 10.7 Å². The molecule has 0 unspecified atom stereocenters. The summed E-state index contributed by atoms with van der Waals surface area (Å²) in [6.07, 6.45) is 3.95. The molecule has 0 spiro atoms. The maximum Gasteiger partial charge on any atom is 0.328 e. The number of nitrogens with two attached hydrogens (primary N) is 1.